The van der Waals surface area contributed by atoms with Crippen LogP contribution in [-0.4, -0.2) is 16.2 Å². The van der Waals surface area contributed by atoms with E-state index in [-0.39, 0.29) is 11.3 Å². The number of hydrogen-bond donors (Lipinski definition) is 2. The molecule has 0 spiro atoms. The molecule has 0 aliphatic carbocycles. The first kappa shape index (κ1) is 17.6. The lowest BCUT2D eigenvalue weighted by atomic mass is 9.87. The maximum Gasteiger partial charge on any atom is 0.360 e. The summed E-state index contributed by atoms with van der Waals surface area (Å²) >= 11 is 5.17. The number of benzene rings is 1. The van der Waals surface area contributed by atoms with Gasteiger partial charge in [0.05, 0.1) is 0 Å². The predicted molar refractivity (Wildman–Crippen MR) is 83.0 cm³/mol. The summed E-state index contributed by atoms with van der Waals surface area (Å²) in [4.78, 5) is 11.9. The molecule has 0 unspecified atom stereocenters. The highest BCUT2D eigenvalue weighted by Crippen LogP contribution is 2.41. The molecule has 0 aliphatic heterocycles. The van der Waals surface area contributed by atoms with Crippen molar-refractivity contribution in [1.82, 2.24) is 0 Å². The quantitative estimate of drug-likeness (QED) is 0.738. The number of phenolic OH excluding ortho intramolecular Hbond substituents is 2. The summed E-state index contributed by atoms with van der Waals surface area (Å²) < 4.78 is 4.25. The summed E-state index contributed by atoms with van der Waals surface area (Å²) in [6, 6.07) is 0. The van der Waals surface area contributed by atoms with E-state index in [1.165, 1.54) is 0 Å². The third-order valence-electron chi connectivity index (χ3n) is 3.55. The van der Waals surface area contributed by atoms with E-state index in [1.54, 1.807) is 0 Å². The zero-order valence-corrected chi connectivity index (χ0v) is 13.6. The van der Waals surface area contributed by atoms with Crippen molar-refractivity contribution in [2.45, 2.75) is 59.3 Å². The van der Waals surface area contributed by atoms with Crippen LogP contribution in [0.3, 0.4) is 0 Å². The van der Waals surface area contributed by atoms with Gasteiger partial charge in [-0.3, -0.25) is 0 Å². The Kier molecular flexibility index (Phi) is 6.82. The third-order valence-corrected chi connectivity index (χ3v) is 3.69. The van der Waals surface area contributed by atoms with E-state index in [4.69, 9.17) is 11.9 Å². The van der Waals surface area contributed by atoms with Crippen molar-refractivity contribution in [1.29, 1.82) is 0 Å². The largest absolute Gasteiger partial charge is 0.504 e. The second kappa shape index (κ2) is 8.13. The van der Waals surface area contributed by atoms with Crippen LogP contribution in [0.15, 0.2) is 0 Å². The van der Waals surface area contributed by atoms with Crippen molar-refractivity contribution >= 4 is 17.8 Å². The van der Waals surface area contributed by atoms with Crippen LogP contribution in [0.1, 0.15) is 67.1 Å². The van der Waals surface area contributed by atoms with Crippen molar-refractivity contribution < 1.29 is 19.3 Å². The summed E-state index contributed by atoms with van der Waals surface area (Å²) in [5.74, 6) is -1.47. The Hall–Kier alpha value is -1.42. The fourth-order valence-corrected chi connectivity index (χ4v) is 2.81. The lowest BCUT2D eigenvalue weighted by Gasteiger charge is -2.20. The number of hydrogen-bond acceptors (Lipinski definition) is 4. The maximum atomic E-state index is 11.9. The Morgan fingerprint density at radius 3 is 1.86 bits per heavy atom. The topological polar surface area (TPSA) is 66.8 Å². The first-order chi connectivity index (χ1) is 10.0. The predicted octanol–water partition coefficient (Wildman–Crippen LogP) is 4.27. The molecule has 21 heavy (non-hydrogen) atoms. The van der Waals surface area contributed by atoms with Gasteiger partial charge < -0.3 is 14.5 Å². The van der Waals surface area contributed by atoms with E-state index in [1.807, 2.05) is 20.8 Å². The van der Waals surface area contributed by atoms with Crippen molar-refractivity contribution in [3.63, 3.8) is 0 Å². The molecule has 118 valence electrons. The SMILES string of the molecule is CCCc1c(O)c(O)c(C(=O)OCl)c(CCC)c1CCC. The summed E-state index contributed by atoms with van der Waals surface area (Å²) in [6.45, 7) is 6.04. The monoisotopic (exact) mass is 314 g/mol. The van der Waals surface area contributed by atoms with Crippen molar-refractivity contribution in [2.75, 3.05) is 0 Å². The lowest BCUT2D eigenvalue weighted by molar-refractivity contribution is 0.0746. The average molecular weight is 315 g/mol. The molecule has 1 aromatic rings. The molecule has 0 aliphatic rings. The molecule has 0 atom stereocenters. The number of carbonyl (C=O) groups is 1. The molecule has 0 saturated heterocycles. The summed E-state index contributed by atoms with van der Waals surface area (Å²) in [5, 5.41) is 20.5. The molecule has 0 radical (unpaired) electrons. The minimum atomic E-state index is -0.826. The molecule has 1 aromatic carbocycles. The van der Waals surface area contributed by atoms with Gasteiger partial charge in [-0.25, -0.2) is 4.79 Å². The Balaban J connectivity index is 3.68. The zero-order valence-electron chi connectivity index (χ0n) is 12.8. The van der Waals surface area contributed by atoms with Gasteiger partial charge in [0.25, 0.3) is 0 Å². The van der Waals surface area contributed by atoms with Crippen LogP contribution in [0.4, 0.5) is 0 Å². The van der Waals surface area contributed by atoms with Crippen LogP contribution < -0.4 is 0 Å². The molecule has 4 nitrogen and oxygen atoms in total. The summed E-state index contributed by atoms with van der Waals surface area (Å²) in [6.07, 6.45) is 4.56. The van der Waals surface area contributed by atoms with Gasteiger partial charge in [-0.2, -0.15) is 0 Å². The number of aromatic hydroxyl groups is 2. The van der Waals surface area contributed by atoms with Gasteiger partial charge in [0, 0.05) is 5.56 Å². The Morgan fingerprint density at radius 2 is 1.38 bits per heavy atom. The normalized spacial score (nSPS) is 10.7. The maximum absolute atomic E-state index is 11.9. The number of carbonyl (C=O) groups excluding carboxylic acids is 1. The summed E-state index contributed by atoms with van der Waals surface area (Å²) in [7, 11) is 0. The first-order valence-electron chi connectivity index (χ1n) is 7.44. The number of halogens is 1. The Morgan fingerprint density at radius 1 is 0.905 bits per heavy atom. The highest BCUT2D eigenvalue weighted by Gasteiger charge is 2.27. The van der Waals surface area contributed by atoms with Crippen LogP contribution >= 0.6 is 11.9 Å². The average Bonchev–Trinajstić information content (AvgIpc) is 2.48. The van der Waals surface area contributed by atoms with Crippen molar-refractivity contribution in [2.24, 2.45) is 0 Å². The minimum absolute atomic E-state index is 0.00680. The van der Waals surface area contributed by atoms with Crippen LogP contribution in [0.2, 0.25) is 0 Å². The standard InChI is InChI=1S/C16H23ClO4/c1-4-7-10-11(8-5-2)13(16(20)21-17)15(19)14(18)12(10)9-6-3/h18-19H,4-9H2,1-3H3. The van der Waals surface area contributed by atoms with Crippen LogP contribution in [0, 0.1) is 0 Å². The highest BCUT2D eigenvalue weighted by atomic mass is 35.5. The lowest BCUT2D eigenvalue weighted by Crippen LogP contribution is -2.11. The molecular weight excluding hydrogens is 292 g/mol. The molecule has 0 fully saturated rings. The molecule has 5 heteroatoms. The Bertz CT molecular complexity index is 512. The highest BCUT2D eigenvalue weighted by molar-refractivity contribution is 6.16. The fraction of sp³-hybridized carbons (Fsp3) is 0.562. The molecule has 0 aromatic heterocycles. The summed E-state index contributed by atoms with van der Waals surface area (Å²) in [5.41, 5.74) is 2.40. The van der Waals surface area contributed by atoms with Gasteiger partial charge >= 0.3 is 5.97 Å². The van der Waals surface area contributed by atoms with Gasteiger partial charge in [-0.15, -0.1) is 0 Å². The smallest absolute Gasteiger partial charge is 0.360 e. The molecule has 0 amide bonds. The first-order valence-corrected chi connectivity index (χ1v) is 7.75. The van der Waals surface area contributed by atoms with E-state index in [2.05, 4.69) is 4.29 Å². The Labute approximate surface area is 130 Å². The van der Waals surface area contributed by atoms with Gasteiger partial charge in [0.2, 0.25) is 0 Å². The molecule has 2 N–H and O–H groups in total. The van der Waals surface area contributed by atoms with Gasteiger partial charge in [0.1, 0.15) is 17.4 Å². The molecule has 0 bridgehead atoms. The van der Waals surface area contributed by atoms with Crippen LogP contribution in [-0.2, 0) is 23.6 Å². The minimum Gasteiger partial charge on any atom is -0.504 e. The van der Waals surface area contributed by atoms with Gasteiger partial charge in [-0.1, -0.05) is 40.0 Å². The van der Waals surface area contributed by atoms with Gasteiger partial charge in [-0.05, 0) is 30.4 Å². The fourth-order valence-electron chi connectivity index (χ4n) is 2.74. The number of phenols is 2. The number of rotatable bonds is 7. The van der Waals surface area contributed by atoms with E-state index < -0.39 is 11.7 Å². The zero-order chi connectivity index (χ0) is 16.0. The van der Waals surface area contributed by atoms with Crippen molar-refractivity contribution in [3.05, 3.63) is 22.3 Å². The van der Waals surface area contributed by atoms with Crippen LogP contribution in [0.25, 0.3) is 0 Å². The van der Waals surface area contributed by atoms with E-state index >= 15 is 0 Å². The van der Waals surface area contributed by atoms with E-state index in [0.717, 1.165) is 42.4 Å². The van der Waals surface area contributed by atoms with Crippen molar-refractivity contribution in [3.8, 4) is 11.5 Å². The van der Waals surface area contributed by atoms with E-state index in [9.17, 15) is 15.0 Å². The van der Waals surface area contributed by atoms with Gasteiger partial charge in [0.15, 0.2) is 11.5 Å². The van der Waals surface area contributed by atoms with Crippen LogP contribution in [0.5, 0.6) is 11.5 Å². The molecule has 0 heterocycles. The second-order valence-electron chi connectivity index (χ2n) is 5.12. The third kappa shape index (κ3) is 3.62. The molecule has 0 saturated carbocycles. The molecule has 1 rings (SSSR count). The molecular formula is C16H23ClO4. The second-order valence-corrected chi connectivity index (χ2v) is 5.28. The van der Waals surface area contributed by atoms with E-state index in [0.29, 0.717) is 12.8 Å².